The minimum atomic E-state index is 1.05. The van der Waals surface area contributed by atoms with Gasteiger partial charge in [-0.05, 0) is 29.7 Å². The Kier molecular flexibility index (Phi) is 5.00. The van der Waals surface area contributed by atoms with Crippen molar-refractivity contribution in [3.05, 3.63) is 59.7 Å². The van der Waals surface area contributed by atoms with E-state index in [1.807, 2.05) is 13.8 Å². The van der Waals surface area contributed by atoms with Crippen LogP contribution in [0.3, 0.4) is 0 Å². The summed E-state index contributed by atoms with van der Waals surface area (Å²) in [5.41, 5.74) is 5.20. The Morgan fingerprint density at radius 3 is 1.65 bits per heavy atom. The molecular weight excluding hydrogens is 242 g/mol. The highest BCUT2D eigenvalue weighted by Crippen LogP contribution is 2.35. The summed E-state index contributed by atoms with van der Waals surface area (Å²) < 4.78 is 0. The number of hydrogen-bond acceptors (Lipinski definition) is 1. The topological polar surface area (TPSA) is 3.24 Å². The van der Waals surface area contributed by atoms with Gasteiger partial charge in [0, 0.05) is 17.9 Å². The standard InChI is InChI=1S/C17H17N.C2H6/c1-2-13-18-16-9-5-3-7-14(16)11-12-15-8-4-6-10-17(15)18;1-2/h3-12H,2,13H2,1H3;1-2H3. The third kappa shape index (κ3) is 2.77. The highest BCUT2D eigenvalue weighted by atomic mass is 15.1. The van der Waals surface area contributed by atoms with Crippen molar-refractivity contribution in [1.82, 2.24) is 0 Å². The van der Waals surface area contributed by atoms with Crippen molar-refractivity contribution in [2.45, 2.75) is 27.2 Å². The van der Waals surface area contributed by atoms with Crippen molar-refractivity contribution in [2.75, 3.05) is 11.4 Å². The van der Waals surface area contributed by atoms with Crippen LogP contribution in [0.1, 0.15) is 38.3 Å². The molecule has 0 unspecified atom stereocenters. The van der Waals surface area contributed by atoms with Crippen molar-refractivity contribution < 1.29 is 0 Å². The molecule has 1 aliphatic heterocycles. The van der Waals surface area contributed by atoms with E-state index in [0.29, 0.717) is 0 Å². The molecule has 1 aliphatic rings. The lowest BCUT2D eigenvalue weighted by Crippen LogP contribution is -2.18. The first-order valence-corrected chi connectivity index (χ1v) is 7.54. The molecule has 20 heavy (non-hydrogen) atoms. The maximum atomic E-state index is 2.42. The summed E-state index contributed by atoms with van der Waals surface area (Å²) in [4.78, 5) is 2.42. The Morgan fingerprint density at radius 1 is 0.750 bits per heavy atom. The first-order chi connectivity index (χ1) is 9.90. The van der Waals surface area contributed by atoms with Crippen LogP contribution >= 0.6 is 0 Å². The van der Waals surface area contributed by atoms with Gasteiger partial charge < -0.3 is 4.90 Å². The van der Waals surface area contributed by atoms with Crippen molar-refractivity contribution >= 4 is 23.5 Å². The first-order valence-electron chi connectivity index (χ1n) is 7.54. The lowest BCUT2D eigenvalue weighted by atomic mass is 10.1. The molecule has 1 heteroatoms. The molecular formula is C19H23N. The lowest BCUT2D eigenvalue weighted by Gasteiger charge is -2.26. The number of anilines is 2. The zero-order valence-electron chi connectivity index (χ0n) is 12.6. The number of rotatable bonds is 2. The second-order valence-corrected chi connectivity index (χ2v) is 4.60. The van der Waals surface area contributed by atoms with Gasteiger partial charge >= 0.3 is 0 Å². The maximum absolute atomic E-state index is 2.42. The number of benzene rings is 2. The number of hydrogen-bond donors (Lipinski definition) is 0. The van der Waals surface area contributed by atoms with Crippen LogP contribution in [0.4, 0.5) is 11.4 Å². The van der Waals surface area contributed by atoms with Crippen LogP contribution in [-0.4, -0.2) is 6.54 Å². The predicted octanol–water partition coefficient (Wildman–Crippen LogP) is 5.74. The molecule has 2 aromatic rings. The van der Waals surface area contributed by atoms with E-state index < -0.39 is 0 Å². The highest BCUT2D eigenvalue weighted by molar-refractivity contribution is 5.88. The molecule has 0 spiro atoms. The third-order valence-electron chi connectivity index (χ3n) is 3.34. The van der Waals surface area contributed by atoms with Gasteiger partial charge in [-0.3, -0.25) is 0 Å². The first kappa shape index (κ1) is 14.4. The fourth-order valence-electron chi connectivity index (χ4n) is 2.52. The third-order valence-corrected chi connectivity index (χ3v) is 3.34. The Hall–Kier alpha value is -2.02. The molecule has 1 nitrogen and oxygen atoms in total. The molecule has 0 radical (unpaired) electrons. The van der Waals surface area contributed by atoms with Gasteiger partial charge in [-0.25, -0.2) is 0 Å². The average molecular weight is 265 g/mol. The zero-order valence-corrected chi connectivity index (χ0v) is 12.6. The molecule has 1 heterocycles. The number of para-hydroxylation sites is 2. The fraction of sp³-hybridized carbons (Fsp3) is 0.263. The van der Waals surface area contributed by atoms with Gasteiger partial charge in [0.1, 0.15) is 0 Å². The van der Waals surface area contributed by atoms with Crippen LogP contribution in [0.25, 0.3) is 12.2 Å². The van der Waals surface area contributed by atoms with E-state index in [2.05, 4.69) is 72.5 Å². The second kappa shape index (κ2) is 6.95. The molecule has 0 bridgehead atoms. The molecule has 0 atom stereocenters. The smallest absolute Gasteiger partial charge is 0.0484 e. The van der Waals surface area contributed by atoms with Gasteiger partial charge in [0.05, 0.1) is 0 Å². The van der Waals surface area contributed by atoms with Crippen molar-refractivity contribution in [3.63, 3.8) is 0 Å². The molecule has 0 fully saturated rings. The fourth-order valence-corrected chi connectivity index (χ4v) is 2.52. The summed E-state index contributed by atoms with van der Waals surface area (Å²) >= 11 is 0. The molecule has 0 saturated heterocycles. The number of fused-ring (bicyclic) bond motifs is 2. The van der Waals surface area contributed by atoms with Gasteiger partial charge in [0.2, 0.25) is 0 Å². The van der Waals surface area contributed by atoms with E-state index in [0.717, 1.165) is 13.0 Å². The predicted molar refractivity (Wildman–Crippen MR) is 90.5 cm³/mol. The molecule has 0 amide bonds. The zero-order chi connectivity index (χ0) is 14.4. The molecule has 3 rings (SSSR count). The van der Waals surface area contributed by atoms with Crippen molar-refractivity contribution in [3.8, 4) is 0 Å². The van der Waals surface area contributed by atoms with Crippen LogP contribution in [0.15, 0.2) is 48.5 Å². The molecule has 0 N–H and O–H groups in total. The Bertz CT molecular complexity index is 534. The van der Waals surface area contributed by atoms with Crippen LogP contribution in [0.5, 0.6) is 0 Å². The lowest BCUT2D eigenvalue weighted by molar-refractivity contribution is 0.885. The summed E-state index contributed by atoms with van der Waals surface area (Å²) in [6.45, 7) is 7.28. The summed E-state index contributed by atoms with van der Waals surface area (Å²) in [5.74, 6) is 0. The van der Waals surface area contributed by atoms with Gasteiger partial charge in [-0.2, -0.15) is 0 Å². The van der Waals surface area contributed by atoms with Crippen LogP contribution in [-0.2, 0) is 0 Å². The molecule has 0 aliphatic carbocycles. The van der Waals surface area contributed by atoms with E-state index in [1.54, 1.807) is 0 Å². The van der Waals surface area contributed by atoms with Gasteiger partial charge in [-0.1, -0.05) is 69.3 Å². The van der Waals surface area contributed by atoms with Crippen LogP contribution < -0.4 is 4.90 Å². The second-order valence-electron chi connectivity index (χ2n) is 4.60. The van der Waals surface area contributed by atoms with Crippen molar-refractivity contribution in [2.24, 2.45) is 0 Å². The molecule has 2 aromatic carbocycles. The van der Waals surface area contributed by atoms with Crippen molar-refractivity contribution in [1.29, 1.82) is 0 Å². The minimum Gasteiger partial charge on any atom is -0.341 e. The van der Waals surface area contributed by atoms with Gasteiger partial charge in [0.25, 0.3) is 0 Å². The summed E-state index contributed by atoms with van der Waals surface area (Å²) in [5, 5.41) is 0. The van der Waals surface area contributed by atoms with E-state index >= 15 is 0 Å². The van der Waals surface area contributed by atoms with Gasteiger partial charge in [0.15, 0.2) is 0 Å². The Morgan fingerprint density at radius 2 is 1.20 bits per heavy atom. The molecule has 0 saturated carbocycles. The molecule has 0 aromatic heterocycles. The quantitative estimate of drug-likeness (QED) is 0.668. The Labute approximate surface area is 122 Å². The Balaban J connectivity index is 0.000000704. The molecule has 104 valence electrons. The SMILES string of the molecule is CC.CCCN1c2ccccc2C=Cc2ccccc21. The summed E-state index contributed by atoms with van der Waals surface area (Å²) in [6, 6.07) is 17.2. The van der Waals surface area contributed by atoms with Crippen LogP contribution in [0.2, 0.25) is 0 Å². The monoisotopic (exact) mass is 265 g/mol. The summed E-state index contributed by atoms with van der Waals surface area (Å²) in [7, 11) is 0. The normalized spacial score (nSPS) is 11.8. The van der Waals surface area contributed by atoms with Crippen LogP contribution in [0, 0.1) is 0 Å². The summed E-state index contributed by atoms with van der Waals surface area (Å²) in [6.07, 6.45) is 5.57. The highest BCUT2D eigenvalue weighted by Gasteiger charge is 2.15. The van der Waals surface area contributed by atoms with E-state index in [4.69, 9.17) is 0 Å². The average Bonchev–Trinajstić information content (AvgIpc) is 2.68. The number of nitrogens with zero attached hydrogens (tertiary/aromatic N) is 1. The van der Waals surface area contributed by atoms with E-state index in [1.165, 1.54) is 22.5 Å². The van der Waals surface area contributed by atoms with Gasteiger partial charge in [-0.15, -0.1) is 0 Å². The van der Waals surface area contributed by atoms with E-state index in [-0.39, 0.29) is 0 Å². The van der Waals surface area contributed by atoms with E-state index in [9.17, 15) is 0 Å². The maximum Gasteiger partial charge on any atom is 0.0484 e. The largest absolute Gasteiger partial charge is 0.341 e. The minimum absolute atomic E-state index is 1.05.